The summed E-state index contributed by atoms with van der Waals surface area (Å²) in [6, 6.07) is 1.47. The van der Waals surface area contributed by atoms with Crippen LogP contribution in [0.25, 0.3) is 0 Å². The fraction of sp³-hybridized carbons (Fsp3) is 0.897. The summed E-state index contributed by atoms with van der Waals surface area (Å²) in [6.07, 6.45) is 25.2. The summed E-state index contributed by atoms with van der Waals surface area (Å²) < 4.78 is 11.7. The summed E-state index contributed by atoms with van der Waals surface area (Å²) in [6.45, 7) is 52.7. The van der Waals surface area contributed by atoms with Crippen molar-refractivity contribution in [3.63, 3.8) is 0 Å². The minimum atomic E-state index is -1.14. The van der Waals surface area contributed by atoms with Gasteiger partial charge in [-0.25, -0.2) is 0 Å². The van der Waals surface area contributed by atoms with Crippen LogP contribution in [0, 0.1) is 145 Å². The van der Waals surface area contributed by atoms with Gasteiger partial charge in [-0.2, -0.15) is 0 Å². The number of ketones is 2. The van der Waals surface area contributed by atoms with E-state index in [4.69, 9.17) is 9.47 Å². The van der Waals surface area contributed by atoms with Crippen molar-refractivity contribution >= 4 is 29.8 Å². The number of aliphatic hydroxyl groups excluding tert-OH is 1. The van der Waals surface area contributed by atoms with E-state index in [-0.39, 0.29) is 103 Å². The molecule has 13 nitrogen and oxygen atoms in total. The highest BCUT2D eigenvalue weighted by Crippen LogP contribution is 2.80. The van der Waals surface area contributed by atoms with Gasteiger partial charge in [0.15, 0.2) is 11.6 Å². The van der Waals surface area contributed by atoms with Crippen molar-refractivity contribution in [3.8, 4) is 0 Å². The quantitative estimate of drug-likeness (QED) is 0.0521. The summed E-state index contributed by atoms with van der Waals surface area (Å²) in [5, 5.41) is 30.8. The second-order valence-corrected chi connectivity index (χ2v) is 42.0. The van der Waals surface area contributed by atoms with Crippen LogP contribution in [0.2, 0.25) is 0 Å². The molecular weight excluding hydrogens is 1250 g/mol. The molecule has 0 spiro atoms. The smallest absolute Gasteiger partial charge is 0.302 e. The standard InChI is InChI=1S/C33H51NO6.C32H48O4.C22H40N2/c1-19(2)27-22(36)17-33(25(37)18-34(38)39)16-15-31(7)21(28(27)33)9-10-24-30(6)13-12-26(40-20(3)35)29(4,5)23(30)11-14-32(24,31)8;1-19(2)26-22(35)17-32(18-33)16-15-30(7)21(27(26)32)9-10-24-29(6)13-12-25(36-20(3)34)28(4,5)23(29)11-14-31(24,30)8;1-19(2)15-7-9-21(19,5)17(13-15)23-11-12-24-18-14-16-8-10-22(18,6)20(16,3)4/h19,21,23-26,37H,9-18H2,1-8H3;18-19,21,23-25H,9-17H2,1-8H3;15-18,23-24H,7-14H2,1-6H3/t21-,23+,24-,25-,26+,30+,31-,32-,33+;21-,23+,24-,25+,29+,30-,31-,32+;/m11./s1. The topological polar surface area (TPSA) is 191 Å². The fourth-order valence-corrected chi connectivity index (χ4v) is 30.5. The monoisotopic (exact) mass is 1390 g/mol. The average Bonchev–Trinajstić information content (AvgIpc) is 0.732. The van der Waals surface area contributed by atoms with Gasteiger partial charge in [-0.3, -0.25) is 29.3 Å². The number of carbonyl (C=O) groups excluding carboxylic acids is 5. The number of allylic oxidation sites excluding steroid dienone is 3. The number of nitrogens with one attached hydrogen (secondary N) is 2. The lowest BCUT2D eigenvalue weighted by atomic mass is 9.33. The van der Waals surface area contributed by atoms with Crippen LogP contribution in [0.1, 0.15) is 306 Å². The molecule has 0 aromatic rings. The number of hydrogen-bond donors (Lipinski definition) is 3. The third kappa shape index (κ3) is 10.7. The number of aldehydes is 1. The van der Waals surface area contributed by atoms with Crippen molar-refractivity contribution in [1.29, 1.82) is 0 Å². The highest BCUT2D eigenvalue weighted by molar-refractivity contribution is 6.04. The molecule has 0 amide bonds. The van der Waals surface area contributed by atoms with Crippen molar-refractivity contribution in [1.82, 2.24) is 10.6 Å². The van der Waals surface area contributed by atoms with Gasteiger partial charge in [0, 0.05) is 73.0 Å². The molecule has 12 saturated carbocycles. The lowest BCUT2D eigenvalue weighted by molar-refractivity contribution is -0.494. The third-order valence-electron chi connectivity index (χ3n) is 37.1. The molecule has 0 aromatic carbocycles. The Bertz CT molecular complexity index is 3290. The fourth-order valence-electron chi connectivity index (χ4n) is 30.5. The first-order chi connectivity index (χ1) is 46.3. The third-order valence-corrected chi connectivity index (χ3v) is 37.1. The van der Waals surface area contributed by atoms with Crippen LogP contribution in [0.3, 0.4) is 0 Å². The molecule has 3 N–H and O–H groups in total. The van der Waals surface area contributed by atoms with Gasteiger partial charge < -0.3 is 30.0 Å². The van der Waals surface area contributed by atoms with E-state index in [1.165, 1.54) is 57.4 Å². The normalized spacial score (nSPS) is 47.2. The molecule has 23 atom stereocenters. The number of rotatable bonds is 13. The number of nitro groups is 1. The lowest BCUT2D eigenvalue weighted by Gasteiger charge is -2.72. The number of esters is 2. The zero-order chi connectivity index (χ0) is 73.5. The van der Waals surface area contributed by atoms with Crippen LogP contribution in [0.4, 0.5) is 0 Å². The van der Waals surface area contributed by atoms with Crippen molar-refractivity contribution in [2.45, 2.75) is 337 Å². The summed E-state index contributed by atoms with van der Waals surface area (Å²) in [5.41, 5.74) is 5.35. The molecule has 4 bridgehead atoms. The first-order valence-corrected chi connectivity index (χ1v) is 40.9. The molecule has 14 aliphatic carbocycles. The Balaban J connectivity index is 0.000000146. The molecule has 0 aliphatic heterocycles. The second-order valence-electron chi connectivity index (χ2n) is 42.0. The van der Waals surface area contributed by atoms with Crippen LogP contribution in [-0.2, 0) is 33.4 Å². The van der Waals surface area contributed by atoms with Crippen LogP contribution in [0.15, 0.2) is 22.3 Å². The number of ether oxygens (including phenoxy) is 2. The van der Waals surface area contributed by atoms with Crippen LogP contribution in [0.5, 0.6) is 0 Å². The Morgan fingerprint density at radius 1 is 0.510 bits per heavy atom. The van der Waals surface area contributed by atoms with E-state index in [2.05, 4.69) is 149 Å². The number of aliphatic hydroxyl groups is 1. The molecule has 14 rings (SSSR count). The average molecular weight is 1390 g/mol. The minimum absolute atomic E-state index is 0.00416. The van der Waals surface area contributed by atoms with E-state index >= 15 is 0 Å². The van der Waals surface area contributed by atoms with Gasteiger partial charge in [0.2, 0.25) is 6.54 Å². The second kappa shape index (κ2) is 25.2. The minimum Gasteiger partial charge on any atom is -0.462 e. The number of hydrogen-bond acceptors (Lipinski definition) is 12. The van der Waals surface area contributed by atoms with Gasteiger partial charge in [-0.1, -0.05) is 144 Å². The van der Waals surface area contributed by atoms with Crippen molar-refractivity contribution < 1.29 is 43.5 Å². The molecule has 6 unspecified atom stereocenters. The predicted octanol–water partition coefficient (Wildman–Crippen LogP) is 18.2. The molecule has 0 saturated heterocycles. The van der Waals surface area contributed by atoms with E-state index in [0.717, 1.165) is 150 Å². The zero-order valence-corrected chi connectivity index (χ0v) is 66.9. The van der Waals surface area contributed by atoms with Crippen molar-refractivity contribution in [2.24, 2.45) is 135 Å². The molecule has 100 heavy (non-hydrogen) atoms. The molecule has 0 heterocycles. The Hall–Kier alpha value is -3.29. The number of carbonyl (C=O) groups is 5. The van der Waals surface area contributed by atoms with Gasteiger partial charge in [-0.15, -0.1) is 0 Å². The molecule has 14 aliphatic rings. The maximum absolute atomic E-state index is 13.6. The maximum Gasteiger partial charge on any atom is 0.302 e. The molecular formula is C87H139N3O10. The Kier molecular flexibility index (Phi) is 19.2. The molecule has 0 radical (unpaired) electrons. The SMILES string of the molecule is CC(=O)O[C@H]1CC[C@]2(C)[C@H]3CC[C@@H]4C5=C(C(C)C)C(=O)C[C@]5(C=O)CC[C@@]4(C)[C@]3(C)CC[C@H]2C1(C)C.CC(=O)O[C@H]1CC[C@]2(C)[C@H]3CC[C@@H]4C5=C(C(C)C)C(=O)C[C@]5([C@H](O)C[N+](=O)[O-])CC[C@@]4(C)[C@]3(C)CC[C@H]2C1(C)C.CC1(C)C2CCC1(C)C(NCCNC1CC3CCC1(C)C3(C)C)C2. The summed E-state index contributed by atoms with van der Waals surface area (Å²) >= 11 is 0. The molecule has 0 aromatic heterocycles. The highest BCUT2D eigenvalue weighted by Gasteiger charge is 2.74. The van der Waals surface area contributed by atoms with Crippen LogP contribution < -0.4 is 10.6 Å². The van der Waals surface area contributed by atoms with Crippen LogP contribution >= 0.6 is 0 Å². The van der Waals surface area contributed by atoms with E-state index in [0.29, 0.717) is 64.1 Å². The first-order valence-electron chi connectivity index (χ1n) is 40.9. The van der Waals surface area contributed by atoms with Crippen LogP contribution in [-0.4, -0.2) is 89.9 Å². The van der Waals surface area contributed by atoms with Crippen molar-refractivity contribution in [2.75, 3.05) is 19.6 Å². The molecule has 12 fully saturated rings. The lowest BCUT2D eigenvalue weighted by Crippen LogP contribution is -2.66. The summed E-state index contributed by atoms with van der Waals surface area (Å²) in [7, 11) is 0. The van der Waals surface area contributed by atoms with Gasteiger partial charge in [0.1, 0.15) is 24.6 Å². The highest BCUT2D eigenvalue weighted by atomic mass is 16.6. The van der Waals surface area contributed by atoms with E-state index in [1.807, 2.05) is 0 Å². The zero-order valence-electron chi connectivity index (χ0n) is 66.9. The number of nitrogens with zero attached hydrogens (tertiary/aromatic N) is 1. The summed E-state index contributed by atoms with van der Waals surface area (Å²) in [4.78, 5) is 74.4. The van der Waals surface area contributed by atoms with E-state index in [9.17, 15) is 39.2 Å². The molecule has 562 valence electrons. The predicted molar refractivity (Wildman–Crippen MR) is 396 cm³/mol. The first kappa shape index (κ1) is 76.4. The number of fused-ring (bicyclic) bond motifs is 18. The maximum atomic E-state index is 13.6. The van der Waals surface area contributed by atoms with Crippen molar-refractivity contribution in [3.05, 3.63) is 32.4 Å². The summed E-state index contributed by atoms with van der Waals surface area (Å²) in [5.74, 6) is 4.62. The Labute approximate surface area is 604 Å². The van der Waals surface area contributed by atoms with E-state index < -0.39 is 28.4 Å². The van der Waals surface area contributed by atoms with Gasteiger partial charge in [0.05, 0.1) is 5.41 Å². The van der Waals surface area contributed by atoms with Gasteiger partial charge >= 0.3 is 11.9 Å². The van der Waals surface area contributed by atoms with E-state index in [1.54, 1.807) is 6.92 Å². The molecule has 13 heteroatoms. The Morgan fingerprint density at radius 2 is 0.910 bits per heavy atom. The van der Waals surface area contributed by atoms with Gasteiger partial charge in [-0.05, 0) is 271 Å². The number of Topliss-reactive ketones (excluding diaryl/α,β-unsaturated/α-hetero) is 2. The van der Waals surface area contributed by atoms with Gasteiger partial charge in [0.25, 0.3) is 0 Å². The Morgan fingerprint density at radius 3 is 1.29 bits per heavy atom. The largest absolute Gasteiger partial charge is 0.462 e.